The molecule has 0 saturated carbocycles. The van der Waals surface area contributed by atoms with Crippen LogP contribution in [0.4, 0.5) is 22.7 Å². The molecule has 36 heavy (non-hydrogen) atoms. The van der Waals surface area contributed by atoms with Gasteiger partial charge in [-0.05, 0) is 67.1 Å². The van der Waals surface area contributed by atoms with Gasteiger partial charge in [0.15, 0.2) is 0 Å². The van der Waals surface area contributed by atoms with Crippen molar-refractivity contribution < 1.29 is 14.1 Å². The molecule has 0 bridgehead atoms. The molecule has 7 heteroatoms. The lowest BCUT2D eigenvalue weighted by molar-refractivity contribution is -0.870. The second kappa shape index (κ2) is 11.7. The Kier molecular flexibility index (Phi) is 8.72. The number of carbonyl (C=O) groups excluding carboxylic acids is 2. The molecule has 0 aliphatic rings. The van der Waals surface area contributed by atoms with Crippen molar-refractivity contribution in [1.82, 2.24) is 0 Å². The third-order valence-electron chi connectivity index (χ3n) is 5.85. The molecule has 0 aromatic heterocycles. The van der Waals surface area contributed by atoms with E-state index in [2.05, 4.69) is 37.1 Å². The summed E-state index contributed by atoms with van der Waals surface area (Å²) < 4.78 is 0.939. The predicted molar refractivity (Wildman–Crippen MR) is 150 cm³/mol. The molecular weight excluding hydrogens is 450 g/mol. The van der Waals surface area contributed by atoms with Gasteiger partial charge in [0.25, 0.3) is 11.8 Å². The summed E-state index contributed by atoms with van der Waals surface area (Å²) in [6, 6.07) is 20.4. The average Bonchev–Trinajstić information content (AvgIpc) is 2.83. The van der Waals surface area contributed by atoms with Gasteiger partial charge in [-0.2, -0.15) is 0 Å². The number of carbonyl (C=O) groups is 2. The summed E-state index contributed by atoms with van der Waals surface area (Å²) >= 11 is 0. The monoisotopic (exact) mass is 488 g/mol. The Morgan fingerprint density at radius 3 is 2.14 bits per heavy atom. The number of aryl methyl sites for hydroxylation is 1. The molecule has 0 aliphatic heterocycles. The van der Waals surface area contributed by atoms with E-state index in [1.807, 2.05) is 80.5 Å². The molecular formula is C29H38N5O2+. The molecule has 0 aliphatic carbocycles. The molecule has 0 heterocycles. The Morgan fingerprint density at radius 1 is 0.806 bits per heavy atom. The second-order valence-corrected chi connectivity index (χ2v) is 10.3. The summed E-state index contributed by atoms with van der Waals surface area (Å²) in [5.41, 5.74) is 5.26. The summed E-state index contributed by atoms with van der Waals surface area (Å²) in [5, 5.41) is 9.31. The Labute approximate surface area is 214 Å². The van der Waals surface area contributed by atoms with Crippen LogP contribution < -0.4 is 20.9 Å². The van der Waals surface area contributed by atoms with Crippen LogP contribution in [0.3, 0.4) is 0 Å². The van der Waals surface area contributed by atoms with Gasteiger partial charge in [-0.15, -0.1) is 0 Å². The van der Waals surface area contributed by atoms with Gasteiger partial charge in [0.2, 0.25) is 0 Å². The lowest BCUT2D eigenvalue weighted by Gasteiger charge is -2.23. The number of nitrogens with one attached hydrogen (secondary N) is 3. The van der Waals surface area contributed by atoms with Crippen LogP contribution in [0.1, 0.15) is 32.7 Å². The minimum absolute atomic E-state index is 0.197. The van der Waals surface area contributed by atoms with Crippen molar-refractivity contribution in [2.45, 2.75) is 13.3 Å². The summed E-state index contributed by atoms with van der Waals surface area (Å²) in [6.45, 7) is 3.90. The zero-order chi connectivity index (χ0) is 26.3. The molecule has 0 atom stereocenters. The molecule has 3 rings (SSSR count). The van der Waals surface area contributed by atoms with Gasteiger partial charge in [-0.25, -0.2) is 0 Å². The Bertz CT molecular complexity index is 1200. The average molecular weight is 489 g/mol. The van der Waals surface area contributed by atoms with Crippen LogP contribution in [0, 0.1) is 6.92 Å². The largest absolute Gasteiger partial charge is 0.385 e. The number of rotatable bonds is 10. The Morgan fingerprint density at radius 2 is 1.47 bits per heavy atom. The van der Waals surface area contributed by atoms with Gasteiger partial charge in [0.05, 0.1) is 27.7 Å². The summed E-state index contributed by atoms with van der Waals surface area (Å²) in [6.07, 6.45) is 1.07. The number of anilines is 4. The third kappa shape index (κ3) is 7.85. The van der Waals surface area contributed by atoms with Crippen LogP contribution in [0.5, 0.6) is 0 Å². The lowest BCUT2D eigenvalue weighted by atomic mass is 10.1. The number of nitrogens with zero attached hydrogens (tertiary/aromatic N) is 2. The zero-order valence-corrected chi connectivity index (χ0v) is 22.2. The van der Waals surface area contributed by atoms with Crippen molar-refractivity contribution >= 4 is 34.6 Å². The highest BCUT2D eigenvalue weighted by atomic mass is 16.2. The van der Waals surface area contributed by atoms with Gasteiger partial charge >= 0.3 is 0 Å². The van der Waals surface area contributed by atoms with E-state index in [0.717, 1.165) is 40.9 Å². The van der Waals surface area contributed by atoms with E-state index < -0.39 is 0 Å². The molecule has 7 nitrogen and oxygen atoms in total. The predicted octanol–water partition coefficient (Wildman–Crippen LogP) is 5.07. The minimum Gasteiger partial charge on any atom is -0.385 e. The lowest BCUT2D eigenvalue weighted by Crippen LogP contribution is -2.36. The van der Waals surface area contributed by atoms with E-state index in [9.17, 15) is 9.59 Å². The summed E-state index contributed by atoms with van der Waals surface area (Å²) in [4.78, 5) is 27.6. The van der Waals surface area contributed by atoms with Crippen LogP contribution in [-0.4, -0.2) is 64.6 Å². The number of amides is 2. The molecule has 0 radical (unpaired) electrons. The molecule has 0 spiro atoms. The number of hydrogen-bond acceptors (Lipinski definition) is 4. The van der Waals surface area contributed by atoms with Gasteiger partial charge in [-0.1, -0.05) is 12.1 Å². The molecule has 2 amide bonds. The Hall–Kier alpha value is -3.84. The van der Waals surface area contributed by atoms with Gasteiger partial charge in [0.1, 0.15) is 0 Å². The standard InChI is InChI=1S/C29H37N5O2/c1-21-11-14-25(31-29(36)23-9-7-10-26(19-23)33(2)3)20-27(21)32-28(35)22-12-15-24(16-13-22)30-17-8-18-34(4,5)6/h7,9-16,19-20H,8,17-18H2,1-6H3,(H2-,30,31,32,35,36)/p+1. The number of hydrogen-bond donors (Lipinski definition) is 3. The highest BCUT2D eigenvalue weighted by Gasteiger charge is 2.12. The zero-order valence-electron chi connectivity index (χ0n) is 22.2. The molecule has 190 valence electrons. The van der Waals surface area contributed by atoms with Crippen molar-refractivity contribution in [2.24, 2.45) is 0 Å². The van der Waals surface area contributed by atoms with Crippen molar-refractivity contribution in [3.8, 4) is 0 Å². The first kappa shape index (κ1) is 26.8. The first-order chi connectivity index (χ1) is 17.0. The highest BCUT2D eigenvalue weighted by Crippen LogP contribution is 2.23. The van der Waals surface area contributed by atoms with E-state index in [1.165, 1.54) is 0 Å². The maximum absolute atomic E-state index is 12.9. The first-order valence-electron chi connectivity index (χ1n) is 12.2. The van der Waals surface area contributed by atoms with Crippen molar-refractivity contribution in [1.29, 1.82) is 0 Å². The second-order valence-electron chi connectivity index (χ2n) is 10.3. The number of benzene rings is 3. The van der Waals surface area contributed by atoms with Crippen LogP contribution in [0.2, 0.25) is 0 Å². The third-order valence-corrected chi connectivity index (χ3v) is 5.85. The van der Waals surface area contributed by atoms with E-state index in [4.69, 9.17) is 0 Å². The van der Waals surface area contributed by atoms with E-state index >= 15 is 0 Å². The van der Waals surface area contributed by atoms with E-state index in [1.54, 1.807) is 12.1 Å². The van der Waals surface area contributed by atoms with E-state index in [-0.39, 0.29) is 11.8 Å². The van der Waals surface area contributed by atoms with Crippen molar-refractivity contribution in [3.63, 3.8) is 0 Å². The van der Waals surface area contributed by atoms with Crippen molar-refractivity contribution in [3.05, 3.63) is 83.4 Å². The maximum atomic E-state index is 12.9. The van der Waals surface area contributed by atoms with Crippen molar-refractivity contribution in [2.75, 3.05) is 69.2 Å². The fourth-order valence-electron chi connectivity index (χ4n) is 3.68. The molecule has 0 unspecified atom stereocenters. The quantitative estimate of drug-likeness (QED) is 0.275. The van der Waals surface area contributed by atoms with Crippen LogP contribution >= 0.6 is 0 Å². The smallest absolute Gasteiger partial charge is 0.255 e. The SMILES string of the molecule is Cc1ccc(NC(=O)c2cccc(N(C)C)c2)cc1NC(=O)c1ccc(NCCC[N+](C)(C)C)cc1. The van der Waals surface area contributed by atoms with Gasteiger partial charge in [-0.3, -0.25) is 9.59 Å². The first-order valence-corrected chi connectivity index (χ1v) is 12.2. The summed E-state index contributed by atoms with van der Waals surface area (Å²) in [7, 11) is 10.4. The van der Waals surface area contributed by atoms with Crippen LogP contribution in [-0.2, 0) is 0 Å². The normalized spacial score (nSPS) is 11.1. The van der Waals surface area contributed by atoms with Gasteiger partial charge in [0, 0.05) is 60.9 Å². The molecule has 3 aromatic carbocycles. The van der Waals surface area contributed by atoms with Crippen LogP contribution in [0.25, 0.3) is 0 Å². The Balaban J connectivity index is 1.61. The molecule has 3 N–H and O–H groups in total. The fraction of sp³-hybridized carbons (Fsp3) is 0.310. The minimum atomic E-state index is -0.204. The van der Waals surface area contributed by atoms with Gasteiger partial charge < -0.3 is 25.3 Å². The number of quaternary nitrogens is 1. The summed E-state index contributed by atoms with van der Waals surface area (Å²) in [5.74, 6) is -0.402. The van der Waals surface area contributed by atoms with E-state index in [0.29, 0.717) is 22.5 Å². The fourth-order valence-corrected chi connectivity index (χ4v) is 3.68. The molecule has 0 saturated heterocycles. The molecule has 0 fully saturated rings. The topological polar surface area (TPSA) is 73.5 Å². The highest BCUT2D eigenvalue weighted by molar-refractivity contribution is 6.07. The molecule has 3 aromatic rings. The van der Waals surface area contributed by atoms with Crippen LogP contribution in [0.15, 0.2) is 66.7 Å². The maximum Gasteiger partial charge on any atom is 0.255 e.